The number of anilines is 2. The van der Waals surface area contributed by atoms with Crippen molar-refractivity contribution in [2.24, 2.45) is 5.92 Å². The highest BCUT2D eigenvalue weighted by Crippen LogP contribution is 2.45. The summed E-state index contributed by atoms with van der Waals surface area (Å²) in [6, 6.07) is 29.3. The Labute approximate surface area is 247 Å². The molecule has 42 heavy (non-hydrogen) atoms. The number of benzene rings is 4. The van der Waals surface area contributed by atoms with Crippen LogP contribution in [0.15, 0.2) is 113 Å². The summed E-state index contributed by atoms with van der Waals surface area (Å²) in [5.74, 6) is -0.374. The van der Waals surface area contributed by atoms with Crippen LogP contribution in [0.25, 0.3) is 0 Å². The first-order valence-electron chi connectivity index (χ1n) is 13.7. The molecule has 0 bridgehead atoms. The molecule has 4 aromatic rings. The second-order valence-electron chi connectivity index (χ2n) is 10.5. The fourth-order valence-electron chi connectivity index (χ4n) is 5.10. The highest BCUT2D eigenvalue weighted by atomic mass is 32.2. The van der Waals surface area contributed by atoms with Crippen LogP contribution in [0.4, 0.5) is 11.4 Å². The molecule has 1 aliphatic heterocycles. The van der Waals surface area contributed by atoms with Crippen molar-refractivity contribution >= 4 is 37.3 Å². The van der Waals surface area contributed by atoms with Gasteiger partial charge in [0.1, 0.15) is 0 Å². The summed E-state index contributed by atoms with van der Waals surface area (Å²) in [6.45, 7) is 4.08. The summed E-state index contributed by atoms with van der Waals surface area (Å²) in [7, 11) is -7.38. The molecule has 2 atom stereocenters. The van der Waals surface area contributed by atoms with Crippen LogP contribution >= 0.6 is 0 Å². The molecule has 0 aromatic heterocycles. The average Bonchev–Trinajstić information content (AvgIpc) is 2.97. The number of sulfonamides is 2. The van der Waals surface area contributed by atoms with E-state index in [-0.39, 0.29) is 34.2 Å². The van der Waals surface area contributed by atoms with Crippen molar-refractivity contribution < 1.29 is 21.6 Å². The topological polar surface area (TPSA) is 113 Å². The molecule has 1 aliphatic rings. The Morgan fingerprint density at radius 3 is 1.88 bits per heavy atom. The van der Waals surface area contributed by atoms with Crippen molar-refractivity contribution in [3.05, 3.63) is 120 Å². The fraction of sp³-hybridized carbons (Fsp3) is 0.219. The van der Waals surface area contributed by atoms with Gasteiger partial charge in [0.25, 0.3) is 10.0 Å². The van der Waals surface area contributed by atoms with Crippen LogP contribution < -0.4 is 14.3 Å². The lowest BCUT2D eigenvalue weighted by Crippen LogP contribution is -2.55. The predicted octanol–water partition coefficient (Wildman–Crippen LogP) is 5.57. The highest BCUT2D eigenvalue weighted by Gasteiger charge is 2.48. The van der Waals surface area contributed by atoms with Gasteiger partial charge in [0.15, 0.2) is 0 Å². The molecule has 0 unspecified atom stereocenters. The summed E-state index contributed by atoms with van der Waals surface area (Å²) < 4.78 is 56.1. The molecule has 2 N–H and O–H groups in total. The van der Waals surface area contributed by atoms with E-state index in [0.29, 0.717) is 18.5 Å². The van der Waals surface area contributed by atoms with Crippen molar-refractivity contribution in [2.45, 2.75) is 42.5 Å². The quantitative estimate of drug-likeness (QED) is 0.172. The minimum Gasteiger partial charge on any atom is -0.304 e. The molecule has 0 spiro atoms. The largest absolute Gasteiger partial charge is 0.304 e. The van der Waals surface area contributed by atoms with Crippen LogP contribution in [0.2, 0.25) is 0 Å². The lowest BCUT2D eigenvalue weighted by Gasteiger charge is -2.47. The van der Waals surface area contributed by atoms with Crippen LogP contribution in [0, 0.1) is 19.8 Å². The zero-order valence-electron chi connectivity index (χ0n) is 23.4. The SMILES string of the molecule is Cc1ccc(N2C(=O)[C@H](CCCNS(=O)(=O)c3ccccc3)[C@H]2c2ccc(NS(=O)(=O)c3ccc(C)cc3)cc2)cc1. The number of hydrogen-bond acceptors (Lipinski definition) is 5. The zero-order chi connectivity index (χ0) is 29.9. The van der Waals surface area contributed by atoms with Crippen LogP contribution in [0.1, 0.15) is 35.6 Å². The Morgan fingerprint density at radius 2 is 1.26 bits per heavy atom. The first-order valence-corrected chi connectivity index (χ1v) is 16.7. The third kappa shape index (κ3) is 6.41. The monoisotopic (exact) mass is 603 g/mol. The summed E-state index contributed by atoms with van der Waals surface area (Å²) in [6.07, 6.45) is 0.972. The van der Waals surface area contributed by atoms with Crippen molar-refractivity contribution in [3.63, 3.8) is 0 Å². The second kappa shape index (κ2) is 12.1. The van der Waals surface area contributed by atoms with Gasteiger partial charge in [-0.2, -0.15) is 0 Å². The standard InChI is InChI=1S/C32H33N3O5S2/c1-23-10-18-27(19-11-23)35-31(30(32(35)36)9-6-22-33-41(37,38)28-7-4-3-5-8-28)25-14-16-26(17-15-25)34-42(39,40)29-20-12-24(2)13-21-29/h3-5,7-8,10-21,30-31,33-34H,6,9,22H2,1-2H3/t30-,31-/m1/s1. The first-order chi connectivity index (χ1) is 20.0. The van der Waals surface area contributed by atoms with E-state index in [0.717, 1.165) is 22.4 Å². The van der Waals surface area contributed by atoms with Crippen LogP contribution in [-0.4, -0.2) is 29.3 Å². The molecule has 0 saturated carbocycles. The number of hydrogen-bond donors (Lipinski definition) is 2. The number of aryl methyl sites for hydroxylation is 2. The van der Waals surface area contributed by atoms with E-state index in [1.165, 1.54) is 12.1 Å². The lowest BCUT2D eigenvalue weighted by atomic mass is 9.79. The van der Waals surface area contributed by atoms with Crippen molar-refractivity contribution in [1.29, 1.82) is 0 Å². The minimum atomic E-state index is -3.75. The molecule has 10 heteroatoms. The average molecular weight is 604 g/mol. The number of β-lactam (4-membered cyclic amide) rings is 1. The molecule has 0 radical (unpaired) electrons. The van der Waals surface area contributed by atoms with Gasteiger partial charge in [-0.25, -0.2) is 21.6 Å². The van der Waals surface area contributed by atoms with Crippen LogP contribution in [0.5, 0.6) is 0 Å². The van der Waals surface area contributed by atoms with Gasteiger partial charge in [0.05, 0.1) is 21.8 Å². The molecule has 1 heterocycles. The molecular weight excluding hydrogens is 571 g/mol. The number of nitrogens with zero attached hydrogens (tertiary/aromatic N) is 1. The number of rotatable bonds is 11. The maximum atomic E-state index is 13.4. The normalized spacial score (nSPS) is 17.1. The van der Waals surface area contributed by atoms with Gasteiger partial charge in [0.2, 0.25) is 15.9 Å². The van der Waals surface area contributed by atoms with Crippen molar-refractivity contribution in [1.82, 2.24) is 4.72 Å². The van der Waals surface area contributed by atoms with Gasteiger partial charge in [-0.05, 0) is 80.8 Å². The Morgan fingerprint density at radius 1 is 0.690 bits per heavy atom. The number of carbonyl (C=O) groups excluding carboxylic acids is 1. The number of nitrogens with one attached hydrogen (secondary N) is 2. The van der Waals surface area contributed by atoms with E-state index in [4.69, 9.17) is 0 Å². The second-order valence-corrected chi connectivity index (χ2v) is 13.9. The third-order valence-corrected chi connectivity index (χ3v) is 10.3. The summed E-state index contributed by atoms with van der Waals surface area (Å²) >= 11 is 0. The molecule has 0 aliphatic carbocycles. The summed E-state index contributed by atoms with van der Waals surface area (Å²) in [4.78, 5) is 15.5. The minimum absolute atomic E-state index is 0.0288. The van der Waals surface area contributed by atoms with E-state index in [9.17, 15) is 21.6 Å². The van der Waals surface area contributed by atoms with E-state index < -0.39 is 20.0 Å². The molecule has 218 valence electrons. The predicted molar refractivity (Wildman–Crippen MR) is 164 cm³/mol. The Hall–Kier alpha value is -3.99. The maximum Gasteiger partial charge on any atom is 0.261 e. The molecule has 4 aromatic carbocycles. The van der Waals surface area contributed by atoms with Gasteiger partial charge >= 0.3 is 0 Å². The molecular formula is C32H33N3O5S2. The molecule has 5 rings (SSSR count). The van der Waals surface area contributed by atoms with Gasteiger partial charge in [0, 0.05) is 17.9 Å². The van der Waals surface area contributed by atoms with Gasteiger partial charge in [-0.15, -0.1) is 0 Å². The summed E-state index contributed by atoms with van der Waals surface area (Å²) in [5, 5.41) is 0. The smallest absolute Gasteiger partial charge is 0.261 e. The van der Waals surface area contributed by atoms with Gasteiger partial charge in [-0.3, -0.25) is 9.52 Å². The lowest BCUT2D eigenvalue weighted by molar-refractivity contribution is -0.130. The van der Waals surface area contributed by atoms with E-state index in [1.54, 1.807) is 59.5 Å². The molecule has 8 nitrogen and oxygen atoms in total. The van der Waals surface area contributed by atoms with Gasteiger partial charge in [-0.1, -0.05) is 65.7 Å². The molecule has 1 amide bonds. The number of amides is 1. The van der Waals surface area contributed by atoms with Crippen LogP contribution in [-0.2, 0) is 24.8 Å². The van der Waals surface area contributed by atoms with Gasteiger partial charge < -0.3 is 4.90 Å². The van der Waals surface area contributed by atoms with E-state index in [2.05, 4.69) is 9.44 Å². The molecule has 1 saturated heterocycles. The Kier molecular flexibility index (Phi) is 8.49. The van der Waals surface area contributed by atoms with E-state index >= 15 is 0 Å². The van der Waals surface area contributed by atoms with Crippen molar-refractivity contribution in [2.75, 3.05) is 16.2 Å². The van der Waals surface area contributed by atoms with Crippen LogP contribution in [0.3, 0.4) is 0 Å². The maximum absolute atomic E-state index is 13.4. The Balaban J connectivity index is 1.31. The van der Waals surface area contributed by atoms with Crippen molar-refractivity contribution in [3.8, 4) is 0 Å². The summed E-state index contributed by atoms with van der Waals surface area (Å²) in [5.41, 5.74) is 4.10. The van der Waals surface area contributed by atoms with E-state index in [1.807, 2.05) is 50.2 Å². The number of carbonyl (C=O) groups is 1. The molecule has 1 fully saturated rings. The third-order valence-electron chi connectivity index (χ3n) is 7.40. The fourth-order valence-corrected chi connectivity index (χ4v) is 7.25. The Bertz CT molecular complexity index is 1760. The highest BCUT2D eigenvalue weighted by molar-refractivity contribution is 7.92. The first kappa shape index (κ1) is 29.5. The zero-order valence-corrected chi connectivity index (χ0v) is 25.0.